The van der Waals surface area contributed by atoms with Crippen LogP contribution in [0.25, 0.3) is 0 Å². The van der Waals surface area contributed by atoms with Crippen LogP contribution in [0.15, 0.2) is 42.5 Å². The number of amides is 1. The zero-order valence-electron chi connectivity index (χ0n) is 11.3. The first-order valence-corrected chi connectivity index (χ1v) is 7.95. The Morgan fingerprint density at radius 2 is 1.95 bits per heavy atom. The quantitative estimate of drug-likeness (QED) is 0.807. The second-order valence-corrected chi connectivity index (χ2v) is 6.37. The van der Waals surface area contributed by atoms with Crippen molar-refractivity contribution in [2.24, 2.45) is 0 Å². The minimum absolute atomic E-state index is 0.0341. The van der Waals surface area contributed by atoms with Gasteiger partial charge in [0.25, 0.3) is 0 Å². The molecule has 1 aliphatic heterocycles. The summed E-state index contributed by atoms with van der Waals surface area (Å²) in [5, 5.41) is -0.0757. The van der Waals surface area contributed by atoms with Gasteiger partial charge < -0.3 is 0 Å². The number of halogens is 2. The fourth-order valence-corrected chi connectivity index (χ4v) is 3.93. The molecule has 1 amide bonds. The minimum Gasteiger partial charge on any atom is -0.295 e. The second-order valence-electron chi connectivity index (χ2n) is 4.90. The van der Waals surface area contributed by atoms with Crippen molar-refractivity contribution in [3.63, 3.8) is 0 Å². The first-order valence-electron chi connectivity index (χ1n) is 6.52. The van der Waals surface area contributed by atoms with E-state index in [2.05, 4.69) is 0 Å². The lowest BCUT2D eigenvalue weighted by atomic mass is 10.1. The predicted octanol–water partition coefficient (Wildman–Crippen LogP) is 4.57. The molecule has 0 N–H and O–H groups in total. The molecule has 1 fully saturated rings. The lowest BCUT2D eigenvalue weighted by Crippen LogP contribution is -2.28. The average Bonchev–Trinajstić information content (AvgIpc) is 2.82. The number of aryl methyl sites for hydroxylation is 1. The van der Waals surface area contributed by atoms with Gasteiger partial charge in [-0.15, -0.1) is 11.8 Å². The van der Waals surface area contributed by atoms with Gasteiger partial charge in [0.15, 0.2) is 0 Å². The Morgan fingerprint density at radius 3 is 2.62 bits per heavy atom. The summed E-state index contributed by atoms with van der Waals surface area (Å²) in [4.78, 5) is 13.8. The van der Waals surface area contributed by atoms with Crippen LogP contribution in [0.4, 0.5) is 10.1 Å². The number of carbonyl (C=O) groups excluding carboxylic acids is 1. The Balaban J connectivity index is 2.05. The molecule has 2 nitrogen and oxygen atoms in total. The maximum atomic E-state index is 14.1. The molecule has 5 heteroatoms. The van der Waals surface area contributed by atoms with Crippen molar-refractivity contribution in [2.75, 3.05) is 10.7 Å². The van der Waals surface area contributed by atoms with Crippen molar-refractivity contribution in [3.8, 4) is 0 Å². The van der Waals surface area contributed by atoms with Crippen molar-refractivity contribution in [2.45, 2.75) is 12.3 Å². The van der Waals surface area contributed by atoms with Gasteiger partial charge in [0.2, 0.25) is 5.91 Å². The summed E-state index contributed by atoms with van der Waals surface area (Å²) < 4.78 is 14.1. The summed E-state index contributed by atoms with van der Waals surface area (Å²) in [6.45, 7) is 1.98. The van der Waals surface area contributed by atoms with Crippen LogP contribution in [-0.4, -0.2) is 11.7 Å². The molecule has 21 heavy (non-hydrogen) atoms. The van der Waals surface area contributed by atoms with Gasteiger partial charge >= 0.3 is 0 Å². The van der Waals surface area contributed by atoms with Gasteiger partial charge in [-0.25, -0.2) is 4.39 Å². The predicted molar refractivity (Wildman–Crippen MR) is 85.3 cm³/mol. The number of thioether (sulfide) groups is 1. The Hall–Kier alpha value is -1.52. The number of nitrogens with zero attached hydrogens (tertiary/aromatic N) is 1. The molecule has 2 aromatic rings. The molecule has 2 aromatic carbocycles. The lowest BCUT2D eigenvalue weighted by Gasteiger charge is -2.25. The van der Waals surface area contributed by atoms with Gasteiger partial charge in [-0.05, 0) is 31.2 Å². The summed E-state index contributed by atoms with van der Waals surface area (Å²) in [5.74, 6) is -0.0941. The molecule has 1 heterocycles. The zero-order chi connectivity index (χ0) is 15.0. The van der Waals surface area contributed by atoms with Gasteiger partial charge in [-0.3, -0.25) is 9.69 Å². The highest BCUT2D eigenvalue weighted by molar-refractivity contribution is 8.00. The standard InChI is InChI=1S/C16H13ClFNOS/c1-10-5-7-11(8-6-10)19-14(20)9-21-16(19)15-12(17)3-2-4-13(15)18/h2-8,16H,9H2,1H3/t16-/m0/s1. The molecule has 1 saturated heterocycles. The third kappa shape index (κ3) is 2.65. The van der Waals surface area contributed by atoms with E-state index in [1.54, 1.807) is 17.0 Å². The van der Waals surface area contributed by atoms with Gasteiger partial charge in [0.05, 0.1) is 5.75 Å². The molecule has 108 valence electrons. The van der Waals surface area contributed by atoms with Crippen LogP contribution in [0, 0.1) is 12.7 Å². The molecule has 0 aromatic heterocycles. The van der Waals surface area contributed by atoms with E-state index in [0.29, 0.717) is 16.3 Å². The van der Waals surface area contributed by atoms with Crippen LogP contribution in [0.3, 0.4) is 0 Å². The molecule has 0 radical (unpaired) electrons. The van der Waals surface area contributed by atoms with E-state index in [-0.39, 0.29) is 11.7 Å². The number of benzene rings is 2. The Morgan fingerprint density at radius 1 is 1.24 bits per heavy atom. The van der Waals surface area contributed by atoms with Crippen molar-refractivity contribution in [1.29, 1.82) is 0 Å². The molecular formula is C16H13ClFNOS. The van der Waals surface area contributed by atoms with Crippen LogP contribution in [0.5, 0.6) is 0 Å². The maximum absolute atomic E-state index is 14.1. The molecule has 0 aliphatic carbocycles. The van der Waals surface area contributed by atoms with E-state index in [0.717, 1.165) is 11.3 Å². The fourth-order valence-electron chi connectivity index (χ4n) is 2.37. The summed E-state index contributed by atoms with van der Waals surface area (Å²) in [6.07, 6.45) is 0. The monoisotopic (exact) mass is 321 g/mol. The highest BCUT2D eigenvalue weighted by atomic mass is 35.5. The molecule has 1 aliphatic rings. The van der Waals surface area contributed by atoms with E-state index < -0.39 is 5.37 Å². The van der Waals surface area contributed by atoms with E-state index in [4.69, 9.17) is 11.6 Å². The zero-order valence-corrected chi connectivity index (χ0v) is 12.9. The second kappa shape index (κ2) is 5.70. The van der Waals surface area contributed by atoms with Crippen LogP contribution < -0.4 is 4.90 Å². The summed E-state index contributed by atoms with van der Waals surface area (Å²) in [5.41, 5.74) is 2.24. The summed E-state index contributed by atoms with van der Waals surface area (Å²) >= 11 is 7.53. The van der Waals surface area contributed by atoms with Gasteiger partial charge in [-0.1, -0.05) is 35.4 Å². The average molecular weight is 322 g/mol. The number of hydrogen-bond donors (Lipinski definition) is 0. The molecule has 3 rings (SSSR count). The third-order valence-electron chi connectivity index (χ3n) is 3.43. The summed E-state index contributed by atoms with van der Waals surface area (Å²) in [7, 11) is 0. The van der Waals surface area contributed by atoms with Gasteiger partial charge in [0.1, 0.15) is 11.2 Å². The SMILES string of the molecule is Cc1ccc(N2C(=O)CS[C@H]2c2c(F)cccc2Cl)cc1. The van der Waals surface area contributed by atoms with E-state index >= 15 is 0 Å². The molecular weight excluding hydrogens is 309 g/mol. The number of hydrogen-bond acceptors (Lipinski definition) is 2. The minimum atomic E-state index is -0.422. The molecule has 0 unspecified atom stereocenters. The Labute approximate surface area is 131 Å². The van der Waals surface area contributed by atoms with Crippen LogP contribution in [0.2, 0.25) is 5.02 Å². The smallest absolute Gasteiger partial charge is 0.238 e. The summed E-state index contributed by atoms with van der Waals surface area (Å²) in [6, 6.07) is 12.2. The van der Waals surface area contributed by atoms with Crippen molar-refractivity contribution < 1.29 is 9.18 Å². The first kappa shape index (κ1) is 14.4. The molecule has 1 atom stereocenters. The largest absolute Gasteiger partial charge is 0.295 e. The lowest BCUT2D eigenvalue weighted by molar-refractivity contribution is -0.115. The van der Waals surface area contributed by atoms with Crippen LogP contribution in [0.1, 0.15) is 16.5 Å². The van der Waals surface area contributed by atoms with Crippen molar-refractivity contribution in [3.05, 3.63) is 64.4 Å². The van der Waals surface area contributed by atoms with Crippen molar-refractivity contribution in [1.82, 2.24) is 0 Å². The number of rotatable bonds is 2. The number of carbonyl (C=O) groups is 1. The highest BCUT2D eigenvalue weighted by Gasteiger charge is 2.36. The Kier molecular flexibility index (Phi) is 3.91. The first-order chi connectivity index (χ1) is 10.1. The third-order valence-corrected chi connectivity index (χ3v) is 4.93. The van der Waals surface area contributed by atoms with Crippen molar-refractivity contribution >= 4 is 35.0 Å². The maximum Gasteiger partial charge on any atom is 0.238 e. The van der Waals surface area contributed by atoms with E-state index in [1.807, 2.05) is 31.2 Å². The Bertz CT molecular complexity index is 669. The molecule has 0 spiro atoms. The number of anilines is 1. The fraction of sp³-hybridized carbons (Fsp3) is 0.188. The van der Waals surface area contributed by atoms with Crippen LogP contribution >= 0.6 is 23.4 Å². The van der Waals surface area contributed by atoms with Gasteiger partial charge in [0, 0.05) is 16.3 Å². The van der Waals surface area contributed by atoms with Crippen LogP contribution in [-0.2, 0) is 4.79 Å². The van der Waals surface area contributed by atoms with Gasteiger partial charge in [-0.2, -0.15) is 0 Å². The van der Waals surface area contributed by atoms with E-state index in [9.17, 15) is 9.18 Å². The molecule has 0 saturated carbocycles. The molecule has 0 bridgehead atoms. The van der Waals surface area contributed by atoms with E-state index in [1.165, 1.54) is 17.8 Å². The highest BCUT2D eigenvalue weighted by Crippen LogP contribution is 2.44. The topological polar surface area (TPSA) is 20.3 Å². The normalized spacial score (nSPS) is 18.3.